The van der Waals surface area contributed by atoms with Gasteiger partial charge in [-0.25, -0.2) is 0 Å². The first-order valence-corrected chi connectivity index (χ1v) is 7.02. The molecule has 0 aromatic heterocycles. The zero-order valence-corrected chi connectivity index (χ0v) is 14.1. The van der Waals surface area contributed by atoms with E-state index in [2.05, 4.69) is 0 Å². The minimum Gasteiger partial charge on any atom is -0.504 e. The number of anilines is 2. The van der Waals surface area contributed by atoms with Gasteiger partial charge in [-0.05, 0) is 37.6 Å². The largest absolute Gasteiger partial charge is 0.504 e. The molecule has 130 valence electrons. The van der Waals surface area contributed by atoms with Gasteiger partial charge < -0.3 is 31.2 Å². The second-order valence-corrected chi connectivity index (χ2v) is 4.99. The fourth-order valence-electron chi connectivity index (χ4n) is 1.99. The molecule has 0 amide bonds. The summed E-state index contributed by atoms with van der Waals surface area (Å²) in [6.45, 7) is 3.15. The van der Waals surface area contributed by atoms with E-state index in [0.717, 1.165) is 5.56 Å². The third kappa shape index (κ3) is 4.01. The topological polar surface area (TPSA) is 128 Å². The Labute approximate surface area is 140 Å². The maximum atomic E-state index is 11.0. The van der Waals surface area contributed by atoms with Crippen molar-refractivity contribution >= 4 is 17.2 Å². The number of carbonyl (C=O) groups is 1. The summed E-state index contributed by atoms with van der Waals surface area (Å²) in [4.78, 5) is 11.0. The van der Waals surface area contributed by atoms with Crippen LogP contribution in [0.25, 0.3) is 0 Å². The van der Waals surface area contributed by atoms with Crippen molar-refractivity contribution in [2.24, 2.45) is 0 Å². The third-order valence-corrected chi connectivity index (χ3v) is 3.31. The van der Waals surface area contributed by atoms with Crippen LogP contribution in [-0.2, 0) is 0 Å². The van der Waals surface area contributed by atoms with Crippen molar-refractivity contribution in [2.45, 2.75) is 13.8 Å². The van der Waals surface area contributed by atoms with E-state index in [4.69, 9.17) is 20.9 Å². The van der Waals surface area contributed by atoms with Gasteiger partial charge in [0.15, 0.2) is 28.8 Å². The fourth-order valence-corrected chi connectivity index (χ4v) is 1.99. The lowest BCUT2D eigenvalue weighted by atomic mass is 10.1. The van der Waals surface area contributed by atoms with Crippen LogP contribution in [0.4, 0.5) is 11.4 Å². The van der Waals surface area contributed by atoms with Crippen LogP contribution in [0.5, 0.6) is 23.0 Å². The van der Waals surface area contributed by atoms with E-state index in [1.54, 1.807) is 19.1 Å². The van der Waals surface area contributed by atoms with Crippen LogP contribution in [-0.4, -0.2) is 30.2 Å². The Morgan fingerprint density at radius 1 is 0.917 bits per heavy atom. The zero-order valence-electron chi connectivity index (χ0n) is 14.1. The summed E-state index contributed by atoms with van der Waals surface area (Å²) in [5, 5.41) is 18.9. The number of nitrogen functional groups attached to an aromatic ring is 2. The first-order chi connectivity index (χ1) is 11.2. The Hall–Kier alpha value is -3.09. The van der Waals surface area contributed by atoms with Crippen LogP contribution < -0.4 is 20.9 Å². The molecule has 24 heavy (non-hydrogen) atoms. The molecule has 0 saturated heterocycles. The molecule has 0 saturated carbocycles. The van der Waals surface area contributed by atoms with E-state index in [-0.39, 0.29) is 28.6 Å². The lowest BCUT2D eigenvalue weighted by Gasteiger charge is -2.08. The Morgan fingerprint density at radius 2 is 1.38 bits per heavy atom. The number of aromatic hydroxyl groups is 2. The number of ether oxygens (including phenoxy) is 2. The monoisotopic (exact) mass is 334 g/mol. The predicted molar refractivity (Wildman–Crippen MR) is 92.9 cm³/mol. The van der Waals surface area contributed by atoms with Gasteiger partial charge in [0.25, 0.3) is 0 Å². The van der Waals surface area contributed by atoms with Crippen LogP contribution in [0.2, 0.25) is 0 Å². The highest BCUT2D eigenvalue weighted by Crippen LogP contribution is 2.35. The van der Waals surface area contributed by atoms with Crippen molar-refractivity contribution in [2.75, 3.05) is 25.7 Å². The smallest absolute Gasteiger partial charge is 0.184 e. The lowest BCUT2D eigenvalue weighted by Crippen LogP contribution is -1.98. The summed E-state index contributed by atoms with van der Waals surface area (Å²) in [7, 11) is 2.86. The summed E-state index contributed by atoms with van der Waals surface area (Å²) >= 11 is 0. The highest BCUT2D eigenvalue weighted by atomic mass is 16.5. The molecule has 2 aromatic rings. The van der Waals surface area contributed by atoms with Gasteiger partial charge in [-0.15, -0.1) is 0 Å². The van der Waals surface area contributed by atoms with Crippen LogP contribution >= 0.6 is 0 Å². The third-order valence-electron chi connectivity index (χ3n) is 3.31. The lowest BCUT2D eigenvalue weighted by molar-refractivity contribution is 0.101. The molecule has 0 heterocycles. The summed E-state index contributed by atoms with van der Waals surface area (Å²) in [5.74, 6) is 0.191. The first-order valence-electron chi connectivity index (χ1n) is 7.02. The number of phenolic OH excluding ortho intramolecular Hbond substituents is 2. The van der Waals surface area contributed by atoms with Gasteiger partial charge in [0, 0.05) is 0 Å². The molecular weight excluding hydrogens is 312 g/mol. The van der Waals surface area contributed by atoms with E-state index < -0.39 is 0 Å². The number of hydrogen-bond acceptors (Lipinski definition) is 7. The second kappa shape index (κ2) is 7.96. The Morgan fingerprint density at radius 3 is 1.79 bits per heavy atom. The van der Waals surface area contributed by atoms with E-state index in [1.165, 1.54) is 33.3 Å². The molecule has 0 aliphatic heterocycles. The number of hydrogen-bond donors (Lipinski definition) is 4. The van der Waals surface area contributed by atoms with Crippen molar-refractivity contribution in [3.63, 3.8) is 0 Å². The number of aryl methyl sites for hydroxylation is 1. The van der Waals surface area contributed by atoms with Crippen LogP contribution in [0.15, 0.2) is 24.3 Å². The molecular formula is C17H22N2O5. The standard InChI is InChI=1S/C9H11NO3.C8H11NO2/c1-5(11)6-3-4-7(10)9(13-2)8(6)12;1-5-3-4-6(9)8(11-2)7(5)10/h3-4,12H,10H2,1-2H3;3-4,10H,9H2,1-2H3. The average molecular weight is 334 g/mol. The van der Waals surface area contributed by atoms with Gasteiger partial charge in [0.05, 0.1) is 31.2 Å². The van der Waals surface area contributed by atoms with Gasteiger partial charge in [-0.1, -0.05) is 6.07 Å². The van der Waals surface area contributed by atoms with Gasteiger partial charge in [0.2, 0.25) is 0 Å². The molecule has 0 fully saturated rings. The second-order valence-electron chi connectivity index (χ2n) is 4.99. The Bertz CT molecular complexity index is 744. The molecule has 0 atom stereocenters. The summed E-state index contributed by atoms with van der Waals surface area (Å²) in [6, 6.07) is 6.44. The number of nitrogens with two attached hydrogens (primary N) is 2. The number of Topliss-reactive ketones (excluding diaryl/α,β-unsaturated/α-hetero) is 1. The highest BCUT2D eigenvalue weighted by molar-refractivity contribution is 5.98. The van der Waals surface area contributed by atoms with Crippen molar-refractivity contribution < 1.29 is 24.5 Å². The molecule has 7 heteroatoms. The average Bonchev–Trinajstić information content (AvgIpc) is 2.52. The maximum absolute atomic E-state index is 11.0. The zero-order chi connectivity index (χ0) is 18.4. The number of methoxy groups -OCH3 is 2. The molecule has 0 bridgehead atoms. The van der Waals surface area contributed by atoms with E-state index in [1.807, 2.05) is 0 Å². The number of phenols is 2. The van der Waals surface area contributed by atoms with Gasteiger partial charge in [0.1, 0.15) is 0 Å². The molecule has 0 aliphatic rings. The highest BCUT2D eigenvalue weighted by Gasteiger charge is 2.13. The minimum absolute atomic E-state index is 0.118. The van der Waals surface area contributed by atoms with Crippen molar-refractivity contribution in [3.05, 3.63) is 35.4 Å². The molecule has 6 N–H and O–H groups in total. The SMILES string of the molecule is COc1c(N)ccc(C(C)=O)c1O.COc1c(N)ccc(C)c1O. The molecule has 0 unspecified atom stereocenters. The number of carbonyl (C=O) groups excluding carboxylic acids is 1. The Balaban J connectivity index is 0.000000243. The molecule has 2 aromatic carbocycles. The van der Waals surface area contributed by atoms with E-state index in [9.17, 15) is 15.0 Å². The van der Waals surface area contributed by atoms with Gasteiger partial charge in [-0.2, -0.15) is 0 Å². The maximum Gasteiger partial charge on any atom is 0.184 e. The number of rotatable bonds is 3. The van der Waals surface area contributed by atoms with Crippen LogP contribution in [0.1, 0.15) is 22.8 Å². The van der Waals surface area contributed by atoms with Crippen LogP contribution in [0.3, 0.4) is 0 Å². The summed E-state index contributed by atoms with van der Waals surface area (Å²) in [6.07, 6.45) is 0. The quantitative estimate of drug-likeness (QED) is 0.501. The minimum atomic E-state index is -0.226. The van der Waals surface area contributed by atoms with Crippen LogP contribution in [0, 0.1) is 6.92 Å². The summed E-state index contributed by atoms with van der Waals surface area (Å²) in [5.41, 5.74) is 12.8. The van der Waals surface area contributed by atoms with Gasteiger partial charge in [-0.3, -0.25) is 4.79 Å². The predicted octanol–water partition coefficient (Wildman–Crippen LogP) is 2.48. The normalized spacial score (nSPS) is 9.67. The van der Waals surface area contributed by atoms with Crippen molar-refractivity contribution in [1.82, 2.24) is 0 Å². The van der Waals surface area contributed by atoms with E-state index in [0.29, 0.717) is 17.1 Å². The van der Waals surface area contributed by atoms with Crippen molar-refractivity contribution in [1.29, 1.82) is 0 Å². The molecule has 7 nitrogen and oxygen atoms in total. The fraction of sp³-hybridized carbons (Fsp3) is 0.235. The van der Waals surface area contributed by atoms with Gasteiger partial charge >= 0.3 is 0 Å². The molecule has 0 aliphatic carbocycles. The molecule has 2 rings (SSSR count). The van der Waals surface area contributed by atoms with Crippen molar-refractivity contribution in [3.8, 4) is 23.0 Å². The Kier molecular flexibility index (Phi) is 6.29. The molecule has 0 spiro atoms. The van der Waals surface area contributed by atoms with E-state index >= 15 is 0 Å². The first kappa shape index (κ1) is 19.0. The summed E-state index contributed by atoms with van der Waals surface area (Å²) < 4.78 is 9.72. The number of ketones is 1. The molecule has 0 radical (unpaired) electrons. The number of benzene rings is 2.